The highest BCUT2D eigenvalue weighted by Gasteiger charge is 2.13. The van der Waals surface area contributed by atoms with E-state index in [1.165, 1.54) is 0 Å². The average Bonchev–Trinajstić information content (AvgIpc) is 2.03. The molecule has 5 heteroatoms. The maximum Gasteiger partial charge on any atom is 0.193 e. The van der Waals surface area contributed by atoms with Crippen molar-refractivity contribution in [2.45, 2.75) is 5.50 Å². The third kappa shape index (κ3) is 1.76. The Bertz CT molecular complexity index is 305. The maximum atomic E-state index is 12.8. The molecule has 0 spiro atoms. The summed E-state index contributed by atoms with van der Waals surface area (Å²) in [5, 5.41) is 2.40. The van der Waals surface area contributed by atoms with E-state index in [9.17, 15) is 13.7 Å². The van der Waals surface area contributed by atoms with Crippen molar-refractivity contribution in [2.75, 3.05) is 0 Å². The lowest BCUT2D eigenvalue weighted by atomic mass is 10.2. The van der Waals surface area contributed by atoms with Crippen LogP contribution in [0.15, 0.2) is 23.4 Å². The van der Waals surface area contributed by atoms with Gasteiger partial charge in [-0.25, -0.2) is 8.78 Å². The standard InChI is InChI=1S/C7H4ClF2NO/c8-7(11-12)5-2-1-4(9)3-6(5)10/h1-3,7H. The van der Waals surface area contributed by atoms with Crippen LogP contribution in [0.5, 0.6) is 0 Å². The smallest absolute Gasteiger partial charge is 0.193 e. The first kappa shape index (κ1) is 9.06. The van der Waals surface area contributed by atoms with Gasteiger partial charge in [0.15, 0.2) is 5.50 Å². The highest BCUT2D eigenvalue weighted by Crippen LogP contribution is 2.24. The second kappa shape index (κ2) is 3.58. The lowest BCUT2D eigenvalue weighted by Crippen LogP contribution is -1.92. The third-order valence-electron chi connectivity index (χ3n) is 1.31. The number of hydrogen-bond donors (Lipinski definition) is 0. The highest BCUT2D eigenvalue weighted by atomic mass is 35.5. The van der Waals surface area contributed by atoms with Gasteiger partial charge in [0.25, 0.3) is 0 Å². The molecule has 1 aromatic rings. The van der Waals surface area contributed by atoms with Gasteiger partial charge in [0, 0.05) is 11.6 Å². The summed E-state index contributed by atoms with van der Waals surface area (Å²) in [6, 6.07) is 2.75. The molecule has 0 heterocycles. The van der Waals surface area contributed by atoms with Crippen LogP contribution in [0.3, 0.4) is 0 Å². The third-order valence-corrected chi connectivity index (χ3v) is 1.63. The molecule has 0 N–H and O–H groups in total. The van der Waals surface area contributed by atoms with E-state index < -0.39 is 17.1 Å². The zero-order valence-corrected chi connectivity index (χ0v) is 6.55. The highest BCUT2D eigenvalue weighted by molar-refractivity contribution is 6.20. The molecule has 0 aliphatic rings. The number of hydrogen-bond acceptors (Lipinski definition) is 2. The van der Waals surface area contributed by atoms with Crippen LogP contribution in [0, 0.1) is 16.5 Å². The van der Waals surface area contributed by atoms with Crippen molar-refractivity contribution in [2.24, 2.45) is 5.18 Å². The minimum atomic E-state index is -1.30. The van der Waals surface area contributed by atoms with Crippen molar-refractivity contribution < 1.29 is 8.78 Å². The first-order valence-corrected chi connectivity index (χ1v) is 3.50. The first-order chi connectivity index (χ1) is 5.65. The normalized spacial score (nSPS) is 12.6. The van der Waals surface area contributed by atoms with Gasteiger partial charge in [-0.1, -0.05) is 11.6 Å². The average molecular weight is 192 g/mol. The maximum absolute atomic E-state index is 12.8. The Morgan fingerprint density at radius 1 is 1.42 bits per heavy atom. The lowest BCUT2D eigenvalue weighted by Gasteiger charge is -2.01. The number of rotatable bonds is 2. The molecule has 1 aromatic carbocycles. The van der Waals surface area contributed by atoms with Gasteiger partial charge < -0.3 is 0 Å². The number of halogens is 3. The van der Waals surface area contributed by atoms with Crippen molar-refractivity contribution in [3.05, 3.63) is 40.3 Å². The van der Waals surface area contributed by atoms with Gasteiger partial charge in [-0.2, -0.15) is 0 Å². The first-order valence-electron chi connectivity index (χ1n) is 3.06. The van der Waals surface area contributed by atoms with E-state index in [0.717, 1.165) is 12.1 Å². The van der Waals surface area contributed by atoms with E-state index >= 15 is 0 Å². The number of alkyl halides is 1. The quantitative estimate of drug-likeness (QED) is 0.401. The number of nitrogens with zero attached hydrogens (tertiary/aromatic N) is 1. The molecular weight excluding hydrogens is 188 g/mol. The molecule has 0 aliphatic heterocycles. The van der Waals surface area contributed by atoms with E-state index in [1.54, 1.807) is 0 Å². The van der Waals surface area contributed by atoms with Gasteiger partial charge in [0.05, 0.1) is 0 Å². The molecule has 2 nitrogen and oxygen atoms in total. The fourth-order valence-corrected chi connectivity index (χ4v) is 0.928. The molecule has 12 heavy (non-hydrogen) atoms. The van der Waals surface area contributed by atoms with Crippen LogP contribution >= 0.6 is 11.6 Å². The summed E-state index contributed by atoms with van der Waals surface area (Å²) >= 11 is 5.31. The zero-order valence-electron chi connectivity index (χ0n) is 5.80. The summed E-state index contributed by atoms with van der Waals surface area (Å²) in [7, 11) is 0. The predicted octanol–water partition coefficient (Wildman–Crippen LogP) is 2.97. The molecular formula is C7H4ClF2NO. The van der Waals surface area contributed by atoms with Crippen molar-refractivity contribution >= 4 is 11.6 Å². The molecule has 0 saturated carbocycles. The second-order valence-electron chi connectivity index (χ2n) is 2.11. The SMILES string of the molecule is O=NC(Cl)c1ccc(F)cc1F. The molecule has 64 valence electrons. The van der Waals surface area contributed by atoms with Crippen LogP contribution in [0.1, 0.15) is 11.1 Å². The van der Waals surface area contributed by atoms with Crippen molar-refractivity contribution in [1.29, 1.82) is 0 Å². The lowest BCUT2D eigenvalue weighted by molar-refractivity contribution is 0.571. The molecule has 0 amide bonds. The van der Waals surface area contributed by atoms with Gasteiger partial charge in [0.2, 0.25) is 0 Å². The molecule has 0 saturated heterocycles. The molecule has 0 aromatic heterocycles. The molecule has 0 fully saturated rings. The van der Waals surface area contributed by atoms with Crippen LogP contribution in [-0.4, -0.2) is 0 Å². The van der Waals surface area contributed by atoms with E-state index in [-0.39, 0.29) is 5.56 Å². The largest absolute Gasteiger partial charge is 0.207 e. The Hall–Kier alpha value is -1.03. The van der Waals surface area contributed by atoms with Crippen LogP contribution in [-0.2, 0) is 0 Å². The molecule has 0 aliphatic carbocycles. The Balaban J connectivity index is 3.09. The zero-order chi connectivity index (χ0) is 9.14. The number of nitroso groups, excluding NO2 is 1. The topological polar surface area (TPSA) is 29.4 Å². The van der Waals surface area contributed by atoms with Gasteiger partial charge >= 0.3 is 0 Å². The van der Waals surface area contributed by atoms with Gasteiger partial charge in [0.1, 0.15) is 11.6 Å². The van der Waals surface area contributed by atoms with E-state index in [0.29, 0.717) is 6.07 Å². The van der Waals surface area contributed by atoms with Gasteiger partial charge in [-0.3, -0.25) is 0 Å². The van der Waals surface area contributed by atoms with Crippen LogP contribution in [0.4, 0.5) is 8.78 Å². The summed E-state index contributed by atoms with van der Waals surface area (Å²) in [6.45, 7) is 0. The van der Waals surface area contributed by atoms with Gasteiger partial charge in [-0.15, -0.1) is 4.91 Å². The molecule has 1 unspecified atom stereocenters. The molecule has 0 radical (unpaired) electrons. The Morgan fingerprint density at radius 3 is 2.58 bits per heavy atom. The van der Waals surface area contributed by atoms with Crippen LogP contribution in [0.25, 0.3) is 0 Å². The van der Waals surface area contributed by atoms with E-state index in [1.807, 2.05) is 0 Å². The molecule has 1 rings (SSSR count). The van der Waals surface area contributed by atoms with Gasteiger partial charge in [-0.05, 0) is 17.3 Å². The van der Waals surface area contributed by atoms with Crippen molar-refractivity contribution in [3.63, 3.8) is 0 Å². The van der Waals surface area contributed by atoms with E-state index in [4.69, 9.17) is 11.6 Å². The number of benzene rings is 1. The summed E-state index contributed by atoms with van der Waals surface area (Å²) in [4.78, 5) is 9.90. The minimum Gasteiger partial charge on any atom is -0.207 e. The van der Waals surface area contributed by atoms with Crippen molar-refractivity contribution in [1.82, 2.24) is 0 Å². The van der Waals surface area contributed by atoms with Crippen molar-refractivity contribution in [3.8, 4) is 0 Å². The summed E-state index contributed by atoms with van der Waals surface area (Å²) in [5.41, 5.74) is -1.42. The summed E-state index contributed by atoms with van der Waals surface area (Å²) in [6.07, 6.45) is 0. The van der Waals surface area contributed by atoms with Crippen LogP contribution in [0.2, 0.25) is 0 Å². The molecule has 1 atom stereocenters. The van der Waals surface area contributed by atoms with E-state index in [2.05, 4.69) is 5.18 Å². The summed E-state index contributed by atoms with van der Waals surface area (Å²) < 4.78 is 25.1. The second-order valence-corrected chi connectivity index (χ2v) is 2.52. The Kier molecular flexibility index (Phi) is 2.70. The minimum absolute atomic E-state index is 0.118. The fraction of sp³-hybridized carbons (Fsp3) is 0.143. The molecule has 0 bridgehead atoms. The monoisotopic (exact) mass is 191 g/mol. The Labute approximate surface area is 72.1 Å². The fourth-order valence-electron chi connectivity index (χ4n) is 0.751. The predicted molar refractivity (Wildman–Crippen MR) is 40.7 cm³/mol. The summed E-state index contributed by atoms with van der Waals surface area (Å²) in [5.74, 6) is -1.58. The Morgan fingerprint density at radius 2 is 2.08 bits per heavy atom. The van der Waals surface area contributed by atoms with Crippen LogP contribution < -0.4 is 0 Å².